The fourth-order valence-electron chi connectivity index (χ4n) is 2.84. The molecule has 134 valence electrons. The second-order valence-electron chi connectivity index (χ2n) is 5.96. The molecule has 0 aliphatic carbocycles. The predicted octanol–water partition coefficient (Wildman–Crippen LogP) is 0.990. The van der Waals surface area contributed by atoms with E-state index in [4.69, 9.17) is 0 Å². The lowest BCUT2D eigenvalue weighted by Crippen LogP contribution is -2.44. The van der Waals surface area contributed by atoms with Gasteiger partial charge in [-0.25, -0.2) is 19.4 Å². The van der Waals surface area contributed by atoms with Crippen molar-refractivity contribution in [3.63, 3.8) is 0 Å². The van der Waals surface area contributed by atoms with Crippen molar-refractivity contribution in [3.8, 4) is 0 Å². The predicted molar refractivity (Wildman–Crippen MR) is 93.2 cm³/mol. The summed E-state index contributed by atoms with van der Waals surface area (Å²) in [4.78, 5) is 22.8. The molecule has 3 rings (SSSR count). The molecule has 0 aromatic carbocycles. The van der Waals surface area contributed by atoms with Crippen LogP contribution in [0.15, 0.2) is 17.4 Å². The molecule has 3 heterocycles. The lowest BCUT2D eigenvalue weighted by molar-refractivity contribution is 0.181. The fraction of sp³-hybridized carbons (Fsp3) is 0.600. The van der Waals surface area contributed by atoms with E-state index in [0.717, 1.165) is 48.4 Å². The topological polar surface area (TPSA) is 102 Å². The smallest absolute Gasteiger partial charge is 0.317 e. The van der Waals surface area contributed by atoms with Gasteiger partial charge < -0.3 is 10.2 Å². The number of carbonyl (C=O) groups excluding carboxylic acids is 1. The first-order valence-corrected chi connectivity index (χ1v) is 9.29. The molecule has 1 N–H and O–H groups in total. The Bertz CT molecular complexity index is 713. The summed E-state index contributed by atoms with van der Waals surface area (Å²) >= 11 is 1.52. The van der Waals surface area contributed by atoms with Crippen molar-refractivity contribution in [2.45, 2.75) is 30.8 Å². The SMILES string of the molecule is Cc1nccc(C2CCN(C(=O)NCCSc3nnnn3C)CC2)n1. The molecule has 2 aromatic rings. The number of urea groups is 1. The zero-order valence-electron chi connectivity index (χ0n) is 14.4. The molecule has 2 aromatic heterocycles. The highest BCUT2D eigenvalue weighted by atomic mass is 32.2. The lowest BCUT2D eigenvalue weighted by Gasteiger charge is -2.31. The maximum absolute atomic E-state index is 12.3. The van der Waals surface area contributed by atoms with Crippen molar-refractivity contribution in [2.75, 3.05) is 25.4 Å². The Kier molecular flexibility index (Phi) is 5.79. The van der Waals surface area contributed by atoms with E-state index >= 15 is 0 Å². The Morgan fingerprint density at radius 1 is 1.40 bits per heavy atom. The molecule has 25 heavy (non-hydrogen) atoms. The fourth-order valence-corrected chi connectivity index (χ4v) is 3.54. The van der Waals surface area contributed by atoms with E-state index in [0.29, 0.717) is 12.5 Å². The van der Waals surface area contributed by atoms with Crippen molar-refractivity contribution in [3.05, 3.63) is 23.8 Å². The average Bonchev–Trinajstić information content (AvgIpc) is 3.04. The quantitative estimate of drug-likeness (QED) is 0.625. The molecule has 1 aliphatic heterocycles. The number of aryl methyl sites for hydroxylation is 2. The minimum atomic E-state index is -0.00555. The van der Waals surface area contributed by atoms with E-state index in [1.807, 2.05) is 17.9 Å². The minimum Gasteiger partial charge on any atom is -0.337 e. The van der Waals surface area contributed by atoms with Crippen LogP contribution < -0.4 is 5.32 Å². The van der Waals surface area contributed by atoms with Crippen LogP contribution >= 0.6 is 11.8 Å². The highest BCUT2D eigenvalue weighted by molar-refractivity contribution is 7.99. The van der Waals surface area contributed by atoms with Gasteiger partial charge in [0, 0.05) is 50.2 Å². The van der Waals surface area contributed by atoms with Crippen LogP contribution in [0.1, 0.15) is 30.3 Å². The van der Waals surface area contributed by atoms with Crippen molar-refractivity contribution in [2.24, 2.45) is 7.05 Å². The largest absolute Gasteiger partial charge is 0.337 e. The first-order valence-electron chi connectivity index (χ1n) is 8.31. The molecule has 0 radical (unpaired) electrons. The highest BCUT2D eigenvalue weighted by Gasteiger charge is 2.24. The van der Waals surface area contributed by atoms with Gasteiger partial charge in [-0.15, -0.1) is 5.10 Å². The molecule has 9 nitrogen and oxygen atoms in total. The number of rotatable bonds is 5. The number of carbonyl (C=O) groups is 1. The third kappa shape index (κ3) is 4.65. The number of nitrogens with zero attached hydrogens (tertiary/aromatic N) is 7. The van der Waals surface area contributed by atoms with E-state index in [9.17, 15) is 4.79 Å². The number of thioether (sulfide) groups is 1. The maximum Gasteiger partial charge on any atom is 0.317 e. The molecule has 0 bridgehead atoms. The molecular weight excluding hydrogens is 340 g/mol. The molecule has 0 saturated carbocycles. The van der Waals surface area contributed by atoms with Crippen molar-refractivity contribution in [1.29, 1.82) is 0 Å². The van der Waals surface area contributed by atoms with E-state index in [-0.39, 0.29) is 6.03 Å². The van der Waals surface area contributed by atoms with Gasteiger partial charge in [0.2, 0.25) is 5.16 Å². The third-order valence-electron chi connectivity index (χ3n) is 4.19. The van der Waals surface area contributed by atoms with Crippen LogP contribution in [0.5, 0.6) is 0 Å². The molecule has 1 fully saturated rings. The molecule has 0 atom stereocenters. The van der Waals surface area contributed by atoms with Gasteiger partial charge in [-0.3, -0.25) is 0 Å². The Labute approximate surface area is 150 Å². The first-order chi connectivity index (χ1) is 12.1. The van der Waals surface area contributed by atoms with Gasteiger partial charge in [0.1, 0.15) is 5.82 Å². The molecule has 0 spiro atoms. The zero-order valence-corrected chi connectivity index (χ0v) is 15.2. The van der Waals surface area contributed by atoms with Gasteiger partial charge >= 0.3 is 6.03 Å². The summed E-state index contributed by atoms with van der Waals surface area (Å²) in [6.45, 7) is 3.99. The summed E-state index contributed by atoms with van der Waals surface area (Å²) in [6.07, 6.45) is 3.67. The molecule has 0 unspecified atom stereocenters. The Morgan fingerprint density at radius 3 is 2.88 bits per heavy atom. The maximum atomic E-state index is 12.3. The molecule has 1 aliphatic rings. The third-order valence-corrected chi connectivity index (χ3v) is 5.20. The second kappa shape index (κ2) is 8.24. The number of tetrazole rings is 1. The van der Waals surface area contributed by atoms with Crippen LogP contribution in [0.2, 0.25) is 0 Å². The van der Waals surface area contributed by atoms with Crippen LogP contribution in [0.3, 0.4) is 0 Å². The summed E-state index contributed by atoms with van der Waals surface area (Å²) in [7, 11) is 1.80. The van der Waals surface area contributed by atoms with Gasteiger partial charge in [-0.05, 0) is 36.3 Å². The average molecular weight is 362 g/mol. The van der Waals surface area contributed by atoms with Crippen LogP contribution in [0.25, 0.3) is 0 Å². The Hall–Kier alpha value is -2.23. The van der Waals surface area contributed by atoms with Crippen LogP contribution in [-0.2, 0) is 7.05 Å². The Balaban J connectivity index is 1.39. The van der Waals surface area contributed by atoms with Gasteiger partial charge in [0.05, 0.1) is 0 Å². The van der Waals surface area contributed by atoms with Crippen molar-refractivity contribution < 1.29 is 4.79 Å². The van der Waals surface area contributed by atoms with Gasteiger partial charge in [-0.1, -0.05) is 11.8 Å². The van der Waals surface area contributed by atoms with Crippen LogP contribution in [-0.4, -0.2) is 66.5 Å². The summed E-state index contributed by atoms with van der Waals surface area (Å²) < 4.78 is 1.62. The minimum absolute atomic E-state index is 0.00555. The van der Waals surface area contributed by atoms with E-state index < -0.39 is 0 Å². The summed E-state index contributed by atoms with van der Waals surface area (Å²) in [5, 5.41) is 15.0. The standard InChI is InChI=1S/C15H22N8OS/c1-11-16-6-3-13(18-11)12-4-8-23(9-5-12)14(24)17-7-10-25-15-19-20-21-22(15)2/h3,6,12H,4-5,7-10H2,1-2H3,(H,17,24). The number of hydrogen-bond donors (Lipinski definition) is 1. The Morgan fingerprint density at radius 2 is 2.20 bits per heavy atom. The highest BCUT2D eigenvalue weighted by Crippen LogP contribution is 2.26. The first kappa shape index (κ1) is 17.6. The normalized spacial score (nSPS) is 15.4. The number of piperidine rings is 1. The number of nitrogens with one attached hydrogen (secondary N) is 1. The lowest BCUT2D eigenvalue weighted by atomic mass is 9.93. The van der Waals surface area contributed by atoms with Gasteiger partial charge in [-0.2, -0.15) is 0 Å². The molecular formula is C15H22N8OS. The number of likely N-dealkylation sites (tertiary alicyclic amines) is 1. The van der Waals surface area contributed by atoms with E-state index in [2.05, 4.69) is 30.8 Å². The van der Waals surface area contributed by atoms with Gasteiger partial charge in [0.25, 0.3) is 0 Å². The van der Waals surface area contributed by atoms with Crippen molar-refractivity contribution in [1.82, 2.24) is 40.4 Å². The molecule has 2 amide bonds. The summed E-state index contributed by atoms with van der Waals surface area (Å²) in [6, 6.07) is 1.97. The zero-order chi connectivity index (χ0) is 17.6. The monoisotopic (exact) mass is 362 g/mol. The summed E-state index contributed by atoms with van der Waals surface area (Å²) in [5.74, 6) is 1.94. The number of aromatic nitrogens is 6. The summed E-state index contributed by atoms with van der Waals surface area (Å²) in [5.41, 5.74) is 1.08. The van der Waals surface area contributed by atoms with Crippen LogP contribution in [0, 0.1) is 6.92 Å². The number of hydrogen-bond acceptors (Lipinski definition) is 7. The molecule has 1 saturated heterocycles. The van der Waals surface area contributed by atoms with Crippen LogP contribution in [0.4, 0.5) is 4.79 Å². The number of amides is 2. The second-order valence-corrected chi connectivity index (χ2v) is 7.02. The van der Waals surface area contributed by atoms with Gasteiger partial charge in [0.15, 0.2) is 0 Å². The van der Waals surface area contributed by atoms with E-state index in [1.54, 1.807) is 17.9 Å². The van der Waals surface area contributed by atoms with Crippen molar-refractivity contribution >= 4 is 17.8 Å². The molecule has 10 heteroatoms. The van der Waals surface area contributed by atoms with E-state index in [1.165, 1.54) is 11.8 Å².